The van der Waals surface area contributed by atoms with E-state index in [1.54, 1.807) is 0 Å². The van der Waals surface area contributed by atoms with E-state index in [1.807, 2.05) is 42.5 Å². The van der Waals surface area contributed by atoms with Crippen LogP contribution >= 0.6 is 0 Å². The Hall–Kier alpha value is -1.94. The number of hydrogen-bond donors (Lipinski definition) is 1. The van der Waals surface area contributed by atoms with Crippen LogP contribution in [0.2, 0.25) is 0 Å². The van der Waals surface area contributed by atoms with Gasteiger partial charge < -0.3 is 14.1 Å². The summed E-state index contributed by atoms with van der Waals surface area (Å²) < 4.78 is 10.9. The fourth-order valence-corrected chi connectivity index (χ4v) is 1.93. The first-order valence-electron chi connectivity index (χ1n) is 5.04. The largest absolute Gasteiger partial charge is 0.538 e. The van der Waals surface area contributed by atoms with Crippen LogP contribution in [-0.4, -0.2) is 12.7 Å². The number of hydrogen-bond acceptors (Lipinski definition) is 3. The number of benzene rings is 2. The lowest BCUT2D eigenvalue weighted by Gasteiger charge is -2.02. The van der Waals surface area contributed by atoms with Gasteiger partial charge in [-0.2, -0.15) is 0 Å². The summed E-state index contributed by atoms with van der Waals surface area (Å²) in [6.45, 7) is 0. The zero-order valence-corrected chi connectivity index (χ0v) is 8.51. The standard InChI is InChI=1S/C12H9BO3/c14-13-16-11-7-3-6-10-12(11)8-4-1-2-5-9(8)15-10/h1-7,13-14H. The van der Waals surface area contributed by atoms with Gasteiger partial charge >= 0.3 is 7.69 Å². The Balaban J connectivity index is 2.43. The van der Waals surface area contributed by atoms with Crippen LogP contribution in [0.1, 0.15) is 0 Å². The van der Waals surface area contributed by atoms with E-state index in [4.69, 9.17) is 14.1 Å². The molecule has 16 heavy (non-hydrogen) atoms. The molecule has 0 spiro atoms. The van der Waals surface area contributed by atoms with Gasteiger partial charge in [0.2, 0.25) is 0 Å². The third-order valence-corrected chi connectivity index (χ3v) is 2.58. The van der Waals surface area contributed by atoms with Gasteiger partial charge in [-0.25, -0.2) is 0 Å². The first-order valence-corrected chi connectivity index (χ1v) is 5.04. The lowest BCUT2D eigenvalue weighted by Crippen LogP contribution is -1.99. The second-order valence-electron chi connectivity index (χ2n) is 3.50. The molecule has 3 aromatic rings. The maximum atomic E-state index is 8.84. The second-order valence-corrected chi connectivity index (χ2v) is 3.50. The van der Waals surface area contributed by atoms with Crippen molar-refractivity contribution in [1.82, 2.24) is 0 Å². The molecule has 0 unspecified atom stereocenters. The molecule has 0 aliphatic rings. The Labute approximate surface area is 92.6 Å². The molecule has 1 heterocycles. The molecule has 0 saturated carbocycles. The van der Waals surface area contributed by atoms with Crippen molar-refractivity contribution < 1.29 is 14.1 Å². The molecular weight excluding hydrogens is 203 g/mol. The van der Waals surface area contributed by atoms with Crippen LogP contribution in [0.4, 0.5) is 0 Å². The predicted octanol–water partition coefficient (Wildman–Crippen LogP) is 2.22. The van der Waals surface area contributed by atoms with Gasteiger partial charge in [-0.3, -0.25) is 0 Å². The lowest BCUT2D eigenvalue weighted by atomic mass is 10.1. The number of rotatable bonds is 2. The van der Waals surface area contributed by atoms with Crippen molar-refractivity contribution in [2.24, 2.45) is 0 Å². The Morgan fingerprint density at radius 3 is 2.69 bits per heavy atom. The van der Waals surface area contributed by atoms with Crippen molar-refractivity contribution in [3.8, 4) is 5.75 Å². The van der Waals surface area contributed by atoms with Crippen molar-refractivity contribution in [3.05, 3.63) is 42.5 Å². The third-order valence-electron chi connectivity index (χ3n) is 2.58. The topological polar surface area (TPSA) is 42.6 Å². The summed E-state index contributed by atoms with van der Waals surface area (Å²) in [4.78, 5) is 0. The van der Waals surface area contributed by atoms with Gasteiger partial charge in [-0.1, -0.05) is 24.3 Å². The first-order chi connectivity index (χ1) is 7.90. The summed E-state index contributed by atoms with van der Waals surface area (Å²) in [5, 5.41) is 10.7. The molecule has 3 nitrogen and oxygen atoms in total. The molecule has 0 amide bonds. The van der Waals surface area contributed by atoms with Crippen molar-refractivity contribution >= 4 is 29.6 Å². The fourth-order valence-electron chi connectivity index (χ4n) is 1.93. The highest BCUT2D eigenvalue weighted by Gasteiger charge is 2.10. The van der Waals surface area contributed by atoms with Gasteiger partial charge in [0, 0.05) is 5.39 Å². The molecule has 0 fully saturated rings. The molecule has 1 N–H and O–H groups in total. The molecule has 4 heteroatoms. The third kappa shape index (κ3) is 1.27. The summed E-state index contributed by atoms with van der Waals surface area (Å²) in [7, 11) is -0.335. The van der Waals surface area contributed by atoms with Crippen LogP contribution in [0.25, 0.3) is 21.9 Å². The van der Waals surface area contributed by atoms with E-state index in [9.17, 15) is 0 Å². The highest BCUT2D eigenvalue weighted by molar-refractivity contribution is 6.19. The molecule has 0 bridgehead atoms. The molecule has 3 rings (SSSR count). The van der Waals surface area contributed by atoms with Crippen LogP contribution in [0, 0.1) is 0 Å². The Morgan fingerprint density at radius 2 is 1.81 bits per heavy atom. The zero-order valence-electron chi connectivity index (χ0n) is 8.51. The molecule has 0 aliphatic carbocycles. The average Bonchev–Trinajstić information content (AvgIpc) is 2.68. The summed E-state index contributed by atoms with van der Waals surface area (Å²) in [6, 6.07) is 13.3. The van der Waals surface area contributed by atoms with Gasteiger partial charge in [0.05, 0.1) is 5.39 Å². The summed E-state index contributed by atoms with van der Waals surface area (Å²) in [6.07, 6.45) is 0. The van der Waals surface area contributed by atoms with Crippen molar-refractivity contribution in [3.63, 3.8) is 0 Å². The Bertz CT molecular complexity index is 645. The van der Waals surface area contributed by atoms with Gasteiger partial charge in [-0.15, -0.1) is 0 Å². The first kappa shape index (κ1) is 9.30. The van der Waals surface area contributed by atoms with Crippen LogP contribution < -0.4 is 4.65 Å². The van der Waals surface area contributed by atoms with Crippen LogP contribution in [0.3, 0.4) is 0 Å². The van der Waals surface area contributed by atoms with Crippen LogP contribution in [0.15, 0.2) is 46.9 Å². The predicted molar refractivity (Wildman–Crippen MR) is 63.7 cm³/mol. The van der Waals surface area contributed by atoms with Crippen LogP contribution in [-0.2, 0) is 0 Å². The Morgan fingerprint density at radius 1 is 1.00 bits per heavy atom. The maximum absolute atomic E-state index is 8.84. The molecule has 1 aromatic heterocycles. The average molecular weight is 212 g/mol. The summed E-state index contributed by atoms with van der Waals surface area (Å²) >= 11 is 0. The van der Waals surface area contributed by atoms with E-state index in [1.165, 1.54) is 0 Å². The monoisotopic (exact) mass is 212 g/mol. The van der Waals surface area contributed by atoms with Crippen LogP contribution in [0.5, 0.6) is 5.75 Å². The lowest BCUT2D eigenvalue weighted by molar-refractivity contribution is 0.456. The Kier molecular flexibility index (Phi) is 2.08. The summed E-state index contributed by atoms with van der Waals surface area (Å²) in [5.74, 6) is 0.643. The second kappa shape index (κ2) is 3.57. The summed E-state index contributed by atoms with van der Waals surface area (Å²) in [5.41, 5.74) is 1.60. The highest BCUT2D eigenvalue weighted by Crippen LogP contribution is 2.34. The van der Waals surface area contributed by atoms with E-state index in [2.05, 4.69) is 0 Å². The van der Waals surface area contributed by atoms with E-state index in [-0.39, 0.29) is 7.69 Å². The molecule has 0 atom stereocenters. The van der Waals surface area contributed by atoms with Gasteiger partial charge in [0.15, 0.2) is 0 Å². The van der Waals surface area contributed by atoms with Gasteiger partial charge in [-0.05, 0) is 18.2 Å². The molecular formula is C12H9BO3. The molecule has 0 radical (unpaired) electrons. The number of fused-ring (bicyclic) bond motifs is 3. The molecule has 78 valence electrons. The maximum Gasteiger partial charge on any atom is 0.504 e. The molecule has 0 saturated heterocycles. The fraction of sp³-hybridized carbons (Fsp3) is 0. The smallest absolute Gasteiger partial charge is 0.504 e. The zero-order chi connectivity index (χ0) is 11.0. The van der Waals surface area contributed by atoms with E-state index < -0.39 is 0 Å². The van der Waals surface area contributed by atoms with E-state index >= 15 is 0 Å². The molecule has 2 aromatic carbocycles. The normalized spacial score (nSPS) is 10.8. The minimum atomic E-state index is -0.335. The minimum absolute atomic E-state index is 0.335. The van der Waals surface area contributed by atoms with Gasteiger partial charge in [0.25, 0.3) is 0 Å². The quantitative estimate of drug-likeness (QED) is 0.662. The van der Waals surface area contributed by atoms with Gasteiger partial charge in [0.1, 0.15) is 16.9 Å². The number of para-hydroxylation sites is 1. The SMILES string of the molecule is OBOc1cccc2oc3ccccc3c12. The highest BCUT2D eigenvalue weighted by atomic mass is 16.5. The van der Waals surface area contributed by atoms with E-state index in [0.717, 1.165) is 21.9 Å². The van der Waals surface area contributed by atoms with Crippen molar-refractivity contribution in [1.29, 1.82) is 0 Å². The number of furan rings is 1. The minimum Gasteiger partial charge on any atom is -0.538 e. The van der Waals surface area contributed by atoms with Crippen molar-refractivity contribution in [2.75, 3.05) is 0 Å². The van der Waals surface area contributed by atoms with Crippen molar-refractivity contribution in [2.45, 2.75) is 0 Å². The van der Waals surface area contributed by atoms with E-state index in [0.29, 0.717) is 5.75 Å². The molecule has 0 aliphatic heterocycles.